The highest BCUT2D eigenvalue weighted by Gasteiger charge is 2.26. The fourth-order valence-electron chi connectivity index (χ4n) is 3.80. The second-order valence-corrected chi connectivity index (χ2v) is 9.02. The quantitative estimate of drug-likeness (QED) is 0.271. The van der Waals surface area contributed by atoms with Gasteiger partial charge in [-0.3, -0.25) is 10.2 Å². The number of carbonyl (C=O) groups is 1. The van der Waals surface area contributed by atoms with Crippen molar-refractivity contribution in [3.63, 3.8) is 0 Å². The summed E-state index contributed by atoms with van der Waals surface area (Å²) in [4.78, 5) is 14.9. The molecular formula is C24H24N6O3S. The number of amidine groups is 1. The van der Waals surface area contributed by atoms with Crippen LogP contribution in [0, 0.1) is 23.7 Å². The molecule has 2 heterocycles. The Kier molecular flexibility index (Phi) is 6.49. The van der Waals surface area contributed by atoms with Crippen LogP contribution in [0.2, 0.25) is 0 Å². The smallest absolute Gasteiger partial charge is 0.255 e. The normalized spacial score (nSPS) is 13.2. The van der Waals surface area contributed by atoms with Gasteiger partial charge in [-0.05, 0) is 54.7 Å². The second-order valence-electron chi connectivity index (χ2n) is 8.25. The minimum Gasteiger partial charge on any atom is -0.492 e. The highest BCUT2D eigenvalue weighted by Crippen LogP contribution is 2.33. The maximum atomic E-state index is 13.2. The van der Waals surface area contributed by atoms with Gasteiger partial charge in [-0.1, -0.05) is 23.8 Å². The van der Waals surface area contributed by atoms with Crippen molar-refractivity contribution in [2.45, 2.75) is 33.0 Å². The third-order valence-corrected chi connectivity index (χ3v) is 6.25. The second kappa shape index (κ2) is 9.51. The number of fused-ring (bicyclic) bond motifs is 1. The van der Waals surface area contributed by atoms with Crippen LogP contribution < -0.4 is 10.6 Å². The van der Waals surface area contributed by atoms with Gasteiger partial charge in [0, 0.05) is 25.3 Å². The van der Waals surface area contributed by atoms with Crippen LogP contribution in [0.25, 0.3) is 0 Å². The number of nitrogens with zero attached hydrogens (tertiary/aromatic N) is 3. The number of aromatic nitrogens is 1. The van der Waals surface area contributed by atoms with Crippen LogP contribution in [0.1, 0.15) is 45.1 Å². The van der Waals surface area contributed by atoms with Gasteiger partial charge in [0.25, 0.3) is 5.91 Å². The van der Waals surface area contributed by atoms with E-state index >= 15 is 0 Å². The maximum absolute atomic E-state index is 13.2. The number of aromatic hydroxyl groups is 1. The topological polar surface area (TPSA) is 145 Å². The zero-order valence-electron chi connectivity index (χ0n) is 18.7. The van der Waals surface area contributed by atoms with Crippen molar-refractivity contribution in [2.75, 3.05) is 11.9 Å². The minimum absolute atomic E-state index is 0.0919. The Hall–Kier alpha value is -3.94. The molecule has 10 heteroatoms. The Morgan fingerprint density at radius 2 is 2.06 bits per heavy atom. The van der Waals surface area contributed by atoms with Gasteiger partial charge in [0.1, 0.15) is 22.5 Å². The van der Waals surface area contributed by atoms with Crippen molar-refractivity contribution in [1.82, 2.24) is 14.6 Å². The fraction of sp³-hybridized carbons (Fsp3) is 0.250. The molecule has 0 aliphatic carbocycles. The molecule has 0 spiro atoms. The molecule has 3 aromatic rings. The number of benzene rings is 2. The average molecular weight is 477 g/mol. The van der Waals surface area contributed by atoms with Crippen LogP contribution in [-0.2, 0) is 13.1 Å². The first kappa shape index (κ1) is 23.2. The molecule has 34 heavy (non-hydrogen) atoms. The summed E-state index contributed by atoms with van der Waals surface area (Å²) in [6, 6.07) is 13.1. The van der Waals surface area contributed by atoms with Gasteiger partial charge >= 0.3 is 0 Å². The fourth-order valence-corrected chi connectivity index (χ4v) is 4.52. The lowest BCUT2D eigenvalue weighted by molar-refractivity contribution is 0.0751. The minimum atomic E-state index is -0.666. The van der Waals surface area contributed by atoms with Crippen LogP contribution in [0.15, 0.2) is 36.4 Å². The van der Waals surface area contributed by atoms with E-state index in [-0.39, 0.29) is 35.3 Å². The first-order valence-corrected chi connectivity index (χ1v) is 11.4. The molecule has 0 fully saturated rings. The highest BCUT2D eigenvalue weighted by atomic mass is 32.1. The lowest BCUT2D eigenvalue weighted by Crippen LogP contribution is -2.30. The van der Waals surface area contributed by atoms with Crippen LogP contribution in [-0.4, -0.2) is 43.9 Å². The molecule has 1 aliphatic heterocycles. The van der Waals surface area contributed by atoms with E-state index in [1.54, 1.807) is 30.0 Å². The summed E-state index contributed by atoms with van der Waals surface area (Å²) in [5, 5.41) is 43.6. The van der Waals surface area contributed by atoms with Crippen LogP contribution >= 0.6 is 11.5 Å². The zero-order valence-corrected chi connectivity index (χ0v) is 19.5. The molecular weight excluding hydrogens is 452 g/mol. The van der Waals surface area contributed by atoms with Crippen LogP contribution in [0.3, 0.4) is 0 Å². The number of aryl methyl sites for hydroxylation is 1. The van der Waals surface area contributed by atoms with Crippen molar-refractivity contribution in [2.24, 2.45) is 0 Å². The Morgan fingerprint density at radius 3 is 2.79 bits per heavy atom. The SMILES string of the molecule is Cc1ccc2c(c1)CN(C(=O)c1ccc(Nc3snc(O)c3C(=N)NCC(C)O)cc1C#N)C2. The molecule has 0 saturated heterocycles. The molecule has 1 amide bonds. The average Bonchev–Trinajstić information content (AvgIpc) is 3.39. The first-order valence-electron chi connectivity index (χ1n) is 10.6. The molecule has 2 aromatic carbocycles. The molecule has 0 saturated carbocycles. The number of nitriles is 1. The van der Waals surface area contributed by atoms with E-state index in [0.29, 0.717) is 29.3 Å². The molecule has 0 bridgehead atoms. The number of hydrogen-bond donors (Lipinski definition) is 5. The molecule has 9 nitrogen and oxygen atoms in total. The number of aliphatic hydroxyl groups is 1. The van der Waals surface area contributed by atoms with Gasteiger partial charge in [-0.2, -0.15) is 9.64 Å². The molecule has 174 valence electrons. The van der Waals surface area contributed by atoms with E-state index < -0.39 is 6.10 Å². The molecule has 1 aromatic heterocycles. The molecule has 0 radical (unpaired) electrons. The summed E-state index contributed by atoms with van der Waals surface area (Å²) in [7, 11) is 0. The number of rotatable bonds is 6. The van der Waals surface area contributed by atoms with Crippen molar-refractivity contribution in [3.8, 4) is 11.9 Å². The third-order valence-electron chi connectivity index (χ3n) is 5.50. The summed E-state index contributed by atoms with van der Waals surface area (Å²) in [6.45, 7) is 4.75. The zero-order chi connectivity index (χ0) is 24.4. The van der Waals surface area contributed by atoms with Crippen molar-refractivity contribution < 1.29 is 15.0 Å². The van der Waals surface area contributed by atoms with Gasteiger partial charge in [-0.15, -0.1) is 0 Å². The lowest BCUT2D eigenvalue weighted by Gasteiger charge is -2.17. The van der Waals surface area contributed by atoms with Gasteiger partial charge in [0.2, 0.25) is 5.88 Å². The number of nitrogens with one attached hydrogen (secondary N) is 3. The van der Waals surface area contributed by atoms with E-state index in [1.165, 1.54) is 0 Å². The van der Waals surface area contributed by atoms with Crippen LogP contribution in [0.4, 0.5) is 10.7 Å². The summed E-state index contributed by atoms with van der Waals surface area (Å²) < 4.78 is 3.89. The Bertz CT molecular complexity index is 1310. The van der Waals surface area contributed by atoms with E-state index in [4.69, 9.17) is 5.41 Å². The highest BCUT2D eigenvalue weighted by molar-refractivity contribution is 7.11. The predicted molar refractivity (Wildman–Crippen MR) is 129 cm³/mol. The summed E-state index contributed by atoms with van der Waals surface area (Å²) in [5.74, 6) is -0.616. The number of aliphatic hydroxyl groups excluding tert-OH is 1. The standard InChI is InChI=1S/C24H24N6O3S/c1-13-3-4-15-11-30(12-17(15)7-13)24(33)19-6-5-18(8-16(19)9-25)28-23-20(22(32)29-34-23)21(26)27-10-14(2)31/h3-8,14,28,31H,10-12H2,1-2H3,(H2,26,27)(H,29,32). The Morgan fingerprint density at radius 1 is 1.29 bits per heavy atom. The molecule has 5 N–H and O–H groups in total. The summed E-state index contributed by atoms with van der Waals surface area (Å²) in [6.07, 6.45) is -0.666. The summed E-state index contributed by atoms with van der Waals surface area (Å²) in [5.41, 5.74) is 4.59. The van der Waals surface area contributed by atoms with E-state index in [0.717, 1.165) is 28.2 Å². The first-order chi connectivity index (χ1) is 16.3. The summed E-state index contributed by atoms with van der Waals surface area (Å²) >= 11 is 0.960. The number of hydrogen-bond acceptors (Lipinski definition) is 8. The monoisotopic (exact) mass is 476 g/mol. The van der Waals surface area contributed by atoms with Crippen molar-refractivity contribution in [3.05, 3.63) is 69.8 Å². The number of anilines is 2. The number of amides is 1. The maximum Gasteiger partial charge on any atom is 0.255 e. The van der Waals surface area contributed by atoms with E-state index in [2.05, 4.69) is 27.1 Å². The predicted octanol–water partition coefficient (Wildman–Crippen LogP) is 3.22. The molecule has 1 aliphatic rings. The Labute approximate surface area is 201 Å². The van der Waals surface area contributed by atoms with Gasteiger partial charge in [-0.25, -0.2) is 0 Å². The molecule has 1 atom stereocenters. The van der Waals surface area contributed by atoms with E-state index in [1.807, 2.05) is 19.1 Å². The molecule has 4 rings (SSSR count). The van der Waals surface area contributed by atoms with Gasteiger partial charge in [0.05, 0.1) is 17.2 Å². The van der Waals surface area contributed by atoms with Crippen molar-refractivity contribution >= 4 is 34.0 Å². The molecule has 1 unspecified atom stereocenters. The van der Waals surface area contributed by atoms with Crippen LogP contribution in [0.5, 0.6) is 5.88 Å². The third kappa shape index (κ3) is 4.71. The Balaban J connectivity index is 1.53. The van der Waals surface area contributed by atoms with Gasteiger partial charge in [0.15, 0.2) is 0 Å². The van der Waals surface area contributed by atoms with Gasteiger partial charge < -0.3 is 25.7 Å². The van der Waals surface area contributed by atoms with E-state index in [9.17, 15) is 20.3 Å². The number of carbonyl (C=O) groups excluding carboxylic acids is 1. The van der Waals surface area contributed by atoms with Crippen molar-refractivity contribution in [1.29, 1.82) is 10.7 Å². The largest absolute Gasteiger partial charge is 0.492 e. The lowest BCUT2D eigenvalue weighted by atomic mass is 10.1.